The van der Waals surface area contributed by atoms with Gasteiger partial charge in [0.1, 0.15) is 5.52 Å². The number of aromatic nitrogens is 1. The van der Waals surface area contributed by atoms with Crippen LogP contribution in [0, 0.1) is 5.92 Å². The Balaban J connectivity index is 1.69. The lowest BCUT2D eigenvalue weighted by Gasteiger charge is -2.15. The normalized spacial score (nSPS) is 17.2. The molecule has 26 heavy (non-hydrogen) atoms. The molecule has 3 aromatic rings. The first-order valence-electron chi connectivity index (χ1n) is 7.81. The van der Waals surface area contributed by atoms with Crippen LogP contribution in [0.2, 0.25) is 10.0 Å². The minimum absolute atomic E-state index is 0.000704. The molecule has 1 amide bonds. The maximum Gasteiger partial charge on any atom is 0.308 e. The number of anilines is 1. The third-order valence-corrected chi connectivity index (χ3v) is 5.06. The lowest BCUT2D eigenvalue weighted by molar-refractivity contribution is -0.141. The first-order valence-corrected chi connectivity index (χ1v) is 8.57. The van der Waals surface area contributed by atoms with Crippen LogP contribution < -0.4 is 4.90 Å². The molecule has 1 aliphatic heterocycles. The van der Waals surface area contributed by atoms with Gasteiger partial charge in [-0.3, -0.25) is 9.59 Å². The number of benzene rings is 2. The van der Waals surface area contributed by atoms with Crippen molar-refractivity contribution < 1.29 is 19.1 Å². The predicted octanol–water partition coefficient (Wildman–Crippen LogP) is 4.24. The van der Waals surface area contributed by atoms with E-state index in [9.17, 15) is 9.59 Å². The van der Waals surface area contributed by atoms with Crippen molar-refractivity contribution in [2.45, 2.75) is 6.42 Å². The molecule has 1 N–H and O–H groups in total. The number of fused-ring (bicyclic) bond motifs is 1. The molecule has 6 nitrogen and oxygen atoms in total. The second-order valence-electron chi connectivity index (χ2n) is 6.04. The monoisotopic (exact) mass is 390 g/mol. The van der Waals surface area contributed by atoms with Crippen LogP contribution in [0.4, 0.5) is 5.69 Å². The van der Waals surface area contributed by atoms with Crippen molar-refractivity contribution in [1.82, 2.24) is 4.98 Å². The highest BCUT2D eigenvalue weighted by Crippen LogP contribution is 2.32. The van der Waals surface area contributed by atoms with Gasteiger partial charge in [-0.1, -0.05) is 23.2 Å². The number of carboxylic acid groups (broad SMARTS) is 1. The predicted molar refractivity (Wildman–Crippen MR) is 97.6 cm³/mol. The Morgan fingerprint density at radius 2 is 2.00 bits per heavy atom. The van der Waals surface area contributed by atoms with Crippen LogP contribution in [0.3, 0.4) is 0 Å². The van der Waals surface area contributed by atoms with Gasteiger partial charge in [0.2, 0.25) is 11.8 Å². The van der Waals surface area contributed by atoms with Gasteiger partial charge in [0.15, 0.2) is 5.58 Å². The molecule has 8 heteroatoms. The topological polar surface area (TPSA) is 83.6 Å². The molecule has 1 atom stereocenters. The third-order valence-electron chi connectivity index (χ3n) is 4.32. The molecule has 1 aliphatic rings. The van der Waals surface area contributed by atoms with E-state index < -0.39 is 11.9 Å². The first kappa shape index (κ1) is 16.9. The summed E-state index contributed by atoms with van der Waals surface area (Å²) in [6.07, 6.45) is 0.000704. The van der Waals surface area contributed by atoms with Gasteiger partial charge < -0.3 is 14.4 Å². The van der Waals surface area contributed by atoms with E-state index in [0.29, 0.717) is 38.3 Å². The van der Waals surface area contributed by atoms with Crippen LogP contribution in [-0.4, -0.2) is 28.5 Å². The number of carbonyl (C=O) groups is 2. The Kier molecular flexibility index (Phi) is 4.09. The number of carboxylic acids is 1. The van der Waals surface area contributed by atoms with Crippen molar-refractivity contribution in [1.29, 1.82) is 0 Å². The van der Waals surface area contributed by atoms with Crippen molar-refractivity contribution in [2.24, 2.45) is 5.92 Å². The second kappa shape index (κ2) is 6.30. The molecule has 0 unspecified atom stereocenters. The molecule has 2 heterocycles. The molecule has 0 radical (unpaired) electrons. The van der Waals surface area contributed by atoms with Crippen molar-refractivity contribution in [3.8, 4) is 11.5 Å². The van der Waals surface area contributed by atoms with Gasteiger partial charge in [0, 0.05) is 24.2 Å². The Bertz CT molecular complexity index is 1050. The van der Waals surface area contributed by atoms with Crippen LogP contribution in [0.1, 0.15) is 6.42 Å². The van der Waals surface area contributed by atoms with Gasteiger partial charge in [-0.2, -0.15) is 0 Å². The summed E-state index contributed by atoms with van der Waals surface area (Å²) in [6, 6.07) is 10.2. The lowest BCUT2D eigenvalue weighted by atomic mass is 10.1. The number of hydrogen-bond acceptors (Lipinski definition) is 4. The molecule has 2 aromatic carbocycles. The smallest absolute Gasteiger partial charge is 0.308 e. The summed E-state index contributed by atoms with van der Waals surface area (Å²) in [5.41, 5.74) is 2.40. The number of rotatable bonds is 3. The summed E-state index contributed by atoms with van der Waals surface area (Å²) in [7, 11) is 0. The van der Waals surface area contributed by atoms with E-state index in [4.69, 9.17) is 32.7 Å². The maximum atomic E-state index is 12.1. The maximum absolute atomic E-state index is 12.1. The SMILES string of the molecule is O=C(O)[C@@H]1CC(=O)N(c2ccc3oc(-c4ccc(Cl)c(Cl)c4)nc3c2)C1. The van der Waals surface area contributed by atoms with Crippen molar-refractivity contribution in [2.75, 3.05) is 11.4 Å². The fraction of sp³-hybridized carbons (Fsp3) is 0.167. The lowest BCUT2D eigenvalue weighted by Crippen LogP contribution is -2.25. The number of amides is 1. The Morgan fingerprint density at radius 1 is 1.19 bits per heavy atom. The van der Waals surface area contributed by atoms with E-state index in [1.54, 1.807) is 36.4 Å². The van der Waals surface area contributed by atoms with Gasteiger partial charge in [-0.25, -0.2) is 4.98 Å². The van der Waals surface area contributed by atoms with Crippen LogP contribution >= 0.6 is 23.2 Å². The number of oxazole rings is 1. The van der Waals surface area contributed by atoms with E-state index in [1.165, 1.54) is 4.90 Å². The first-order chi connectivity index (χ1) is 12.4. The average molecular weight is 391 g/mol. The summed E-state index contributed by atoms with van der Waals surface area (Å²) in [5, 5.41) is 9.95. The van der Waals surface area contributed by atoms with E-state index in [0.717, 1.165) is 0 Å². The van der Waals surface area contributed by atoms with Crippen molar-refractivity contribution >= 4 is 51.9 Å². The fourth-order valence-corrected chi connectivity index (χ4v) is 3.26. The zero-order valence-corrected chi connectivity index (χ0v) is 14.8. The molecular weight excluding hydrogens is 379 g/mol. The minimum atomic E-state index is -0.967. The van der Waals surface area contributed by atoms with Crippen LogP contribution in [0.15, 0.2) is 40.8 Å². The number of aliphatic carboxylic acids is 1. The number of halogens is 2. The zero-order chi connectivity index (χ0) is 18.4. The summed E-state index contributed by atoms with van der Waals surface area (Å²) in [6.45, 7) is 0.150. The van der Waals surface area contributed by atoms with E-state index >= 15 is 0 Å². The van der Waals surface area contributed by atoms with Crippen LogP contribution in [-0.2, 0) is 9.59 Å². The number of nitrogens with zero attached hydrogens (tertiary/aromatic N) is 2. The molecule has 0 aliphatic carbocycles. The second-order valence-corrected chi connectivity index (χ2v) is 6.86. The summed E-state index contributed by atoms with van der Waals surface area (Å²) < 4.78 is 5.74. The standard InChI is InChI=1S/C18H12Cl2N2O4/c19-12-3-1-9(5-13(12)20)17-21-14-7-11(2-4-15(14)26-17)22-8-10(18(24)25)6-16(22)23/h1-5,7,10H,6,8H2,(H,24,25)/t10-/m1/s1. The quantitative estimate of drug-likeness (QED) is 0.722. The Labute approximate surface area is 157 Å². The zero-order valence-electron chi connectivity index (χ0n) is 13.3. The van der Waals surface area contributed by atoms with Gasteiger partial charge in [0.05, 0.1) is 16.0 Å². The molecule has 0 bridgehead atoms. The molecule has 0 spiro atoms. The summed E-state index contributed by atoms with van der Waals surface area (Å²) in [5.74, 6) is -1.50. The highest BCUT2D eigenvalue weighted by atomic mass is 35.5. The van der Waals surface area contributed by atoms with E-state index in [2.05, 4.69) is 4.98 Å². The molecule has 1 fully saturated rings. The third kappa shape index (κ3) is 2.91. The molecule has 4 rings (SSSR count). The van der Waals surface area contributed by atoms with Crippen LogP contribution in [0.25, 0.3) is 22.6 Å². The Hall–Kier alpha value is -2.57. The molecule has 0 saturated carbocycles. The molecule has 1 aromatic heterocycles. The van der Waals surface area contributed by atoms with Gasteiger partial charge in [0.25, 0.3) is 0 Å². The minimum Gasteiger partial charge on any atom is -0.481 e. The number of carbonyl (C=O) groups excluding carboxylic acids is 1. The van der Waals surface area contributed by atoms with Gasteiger partial charge in [-0.15, -0.1) is 0 Å². The van der Waals surface area contributed by atoms with Crippen LogP contribution in [0.5, 0.6) is 0 Å². The molecular formula is C18H12Cl2N2O4. The largest absolute Gasteiger partial charge is 0.481 e. The fourth-order valence-electron chi connectivity index (χ4n) is 2.96. The van der Waals surface area contributed by atoms with Gasteiger partial charge in [-0.05, 0) is 36.4 Å². The highest BCUT2D eigenvalue weighted by molar-refractivity contribution is 6.42. The van der Waals surface area contributed by atoms with E-state index in [1.807, 2.05) is 0 Å². The Morgan fingerprint density at radius 3 is 2.69 bits per heavy atom. The van der Waals surface area contributed by atoms with E-state index in [-0.39, 0.29) is 18.9 Å². The summed E-state index contributed by atoms with van der Waals surface area (Å²) in [4.78, 5) is 29.1. The molecule has 1 saturated heterocycles. The van der Waals surface area contributed by atoms with Gasteiger partial charge >= 0.3 is 5.97 Å². The average Bonchev–Trinajstić information content (AvgIpc) is 3.20. The van der Waals surface area contributed by atoms with Crippen molar-refractivity contribution in [3.05, 3.63) is 46.4 Å². The molecule has 132 valence electrons. The highest BCUT2D eigenvalue weighted by Gasteiger charge is 2.35. The number of hydrogen-bond donors (Lipinski definition) is 1. The summed E-state index contributed by atoms with van der Waals surface area (Å²) >= 11 is 12.0. The van der Waals surface area contributed by atoms with Crippen molar-refractivity contribution in [3.63, 3.8) is 0 Å².